The number of carbonyl (C=O) groups is 2. The number of aryl methyl sites for hydroxylation is 1. The third-order valence-corrected chi connectivity index (χ3v) is 5.93. The molecule has 0 radical (unpaired) electrons. The number of nitrogens with zero attached hydrogens (tertiary/aromatic N) is 5. The average molecular weight is 419 g/mol. The molecule has 4 rings (SSSR count). The van der Waals surface area contributed by atoms with Crippen molar-refractivity contribution < 1.29 is 9.59 Å². The van der Waals surface area contributed by atoms with Crippen LogP contribution in [0.5, 0.6) is 0 Å². The Kier molecular flexibility index (Phi) is 5.36. The van der Waals surface area contributed by atoms with Gasteiger partial charge in [0.1, 0.15) is 11.9 Å². The van der Waals surface area contributed by atoms with E-state index in [-0.39, 0.29) is 23.3 Å². The van der Waals surface area contributed by atoms with Crippen molar-refractivity contribution in [1.82, 2.24) is 20.2 Å². The van der Waals surface area contributed by atoms with Gasteiger partial charge in [-0.05, 0) is 51.0 Å². The lowest BCUT2D eigenvalue weighted by molar-refractivity contribution is -0.120. The van der Waals surface area contributed by atoms with E-state index in [9.17, 15) is 9.59 Å². The van der Waals surface area contributed by atoms with Crippen LogP contribution in [0, 0.1) is 18.3 Å². The second kappa shape index (κ2) is 7.99. The van der Waals surface area contributed by atoms with Crippen LogP contribution in [0.25, 0.3) is 0 Å². The minimum absolute atomic E-state index is 0.0144. The quantitative estimate of drug-likeness (QED) is 0.818. The Labute approximate surface area is 181 Å². The van der Waals surface area contributed by atoms with Crippen LogP contribution in [-0.2, 0) is 4.79 Å². The first-order valence-corrected chi connectivity index (χ1v) is 10.5. The number of aromatic nitrogens is 2. The highest BCUT2D eigenvalue weighted by atomic mass is 16.2. The first kappa shape index (κ1) is 20.8. The van der Waals surface area contributed by atoms with Gasteiger partial charge >= 0.3 is 0 Å². The van der Waals surface area contributed by atoms with Crippen LogP contribution >= 0.6 is 0 Å². The summed E-state index contributed by atoms with van der Waals surface area (Å²) < 4.78 is 0. The summed E-state index contributed by atoms with van der Waals surface area (Å²) in [5.41, 5.74) is 2.50. The number of hydrogen-bond donors (Lipinski definition) is 1. The number of nitrogens with one attached hydrogen (secondary N) is 1. The van der Waals surface area contributed by atoms with E-state index < -0.39 is 0 Å². The molecular formula is C23H26N6O2. The lowest BCUT2D eigenvalue weighted by Gasteiger charge is -2.36. The van der Waals surface area contributed by atoms with Gasteiger partial charge < -0.3 is 15.1 Å². The number of amides is 2. The zero-order valence-corrected chi connectivity index (χ0v) is 18.1. The standard InChI is InChI=1S/C23H26N6O2/c1-15-10-16(12-24)13-26-20(15)28-6-8-29(9-7-28)22(31)17-4-5-19(25-14-17)18-11-23(2,3)27-21(18)30/h4-5,10,13-14,18H,6-9,11H2,1-3H3,(H,27,30). The van der Waals surface area contributed by atoms with Crippen LogP contribution < -0.4 is 10.2 Å². The van der Waals surface area contributed by atoms with Gasteiger partial charge in [-0.3, -0.25) is 14.6 Å². The second-order valence-corrected chi connectivity index (χ2v) is 8.86. The van der Waals surface area contributed by atoms with E-state index in [2.05, 4.69) is 26.3 Å². The molecule has 8 heteroatoms. The fourth-order valence-corrected chi connectivity index (χ4v) is 4.32. The van der Waals surface area contributed by atoms with E-state index in [4.69, 9.17) is 5.26 Å². The van der Waals surface area contributed by atoms with Crippen LogP contribution in [0.3, 0.4) is 0 Å². The molecule has 1 unspecified atom stereocenters. The maximum absolute atomic E-state index is 12.9. The van der Waals surface area contributed by atoms with E-state index in [1.807, 2.05) is 31.7 Å². The number of pyridine rings is 2. The SMILES string of the molecule is Cc1cc(C#N)cnc1N1CCN(C(=O)c2ccc(C3CC(C)(C)NC3=O)nc2)CC1. The Morgan fingerprint density at radius 1 is 1.19 bits per heavy atom. The number of anilines is 1. The van der Waals surface area contributed by atoms with E-state index in [1.165, 1.54) is 0 Å². The molecule has 8 nitrogen and oxygen atoms in total. The fourth-order valence-electron chi connectivity index (χ4n) is 4.32. The van der Waals surface area contributed by atoms with Gasteiger partial charge in [-0.15, -0.1) is 0 Å². The van der Waals surface area contributed by atoms with Crippen LogP contribution in [0.4, 0.5) is 5.82 Å². The van der Waals surface area contributed by atoms with Gasteiger partial charge in [-0.25, -0.2) is 4.98 Å². The highest BCUT2D eigenvalue weighted by Crippen LogP contribution is 2.31. The van der Waals surface area contributed by atoms with Crippen LogP contribution in [0.2, 0.25) is 0 Å². The molecule has 0 spiro atoms. The predicted molar refractivity (Wildman–Crippen MR) is 116 cm³/mol. The summed E-state index contributed by atoms with van der Waals surface area (Å²) in [6.07, 6.45) is 3.85. The molecule has 2 fully saturated rings. The molecule has 2 aliphatic heterocycles. The molecule has 0 bridgehead atoms. The minimum Gasteiger partial charge on any atom is -0.353 e. The van der Waals surface area contributed by atoms with Crippen molar-refractivity contribution in [3.8, 4) is 6.07 Å². The predicted octanol–water partition coefficient (Wildman–Crippen LogP) is 2.00. The number of hydrogen-bond acceptors (Lipinski definition) is 6. The molecule has 1 atom stereocenters. The molecule has 2 amide bonds. The van der Waals surface area contributed by atoms with Crippen molar-refractivity contribution >= 4 is 17.6 Å². The lowest BCUT2D eigenvalue weighted by atomic mass is 9.94. The van der Waals surface area contributed by atoms with E-state index in [1.54, 1.807) is 24.5 Å². The van der Waals surface area contributed by atoms with Gasteiger partial charge in [-0.1, -0.05) is 0 Å². The molecule has 2 saturated heterocycles. The summed E-state index contributed by atoms with van der Waals surface area (Å²) in [7, 11) is 0. The van der Waals surface area contributed by atoms with Gasteiger partial charge in [-0.2, -0.15) is 5.26 Å². The Balaban J connectivity index is 1.39. The van der Waals surface area contributed by atoms with Gasteiger partial charge in [0.2, 0.25) is 5.91 Å². The third kappa shape index (κ3) is 4.22. The van der Waals surface area contributed by atoms with E-state index in [0.717, 1.165) is 11.4 Å². The van der Waals surface area contributed by atoms with Gasteiger partial charge in [0.15, 0.2) is 0 Å². The summed E-state index contributed by atoms with van der Waals surface area (Å²) >= 11 is 0. The van der Waals surface area contributed by atoms with Gasteiger partial charge in [0.05, 0.1) is 22.7 Å². The molecule has 160 valence electrons. The third-order valence-electron chi connectivity index (χ3n) is 5.93. The topological polar surface area (TPSA) is 102 Å². The Morgan fingerprint density at radius 3 is 2.48 bits per heavy atom. The van der Waals surface area contributed by atoms with E-state index >= 15 is 0 Å². The Morgan fingerprint density at radius 2 is 1.94 bits per heavy atom. The van der Waals surface area contributed by atoms with Crippen molar-refractivity contribution in [1.29, 1.82) is 5.26 Å². The molecule has 2 aromatic heterocycles. The van der Waals surface area contributed by atoms with Gasteiger partial charge in [0, 0.05) is 44.1 Å². The summed E-state index contributed by atoms with van der Waals surface area (Å²) in [4.78, 5) is 37.9. The highest BCUT2D eigenvalue weighted by molar-refractivity contribution is 5.94. The highest BCUT2D eigenvalue weighted by Gasteiger charge is 2.39. The smallest absolute Gasteiger partial charge is 0.255 e. The molecule has 31 heavy (non-hydrogen) atoms. The lowest BCUT2D eigenvalue weighted by Crippen LogP contribution is -2.49. The molecule has 4 heterocycles. The van der Waals surface area contributed by atoms with Gasteiger partial charge in [0.25, 0.3) is 5.91 Å². The van der Waals surface area contributed by atoms with Crippen molar-refractivity contribution in [2.45, 2.75) is 38.6 Å². The maximum atomic E-state index is 12.9. The first-order valence-electron chi connectivity index (χ1n) is 10.5. The number of rotatable bonds is 3. The summed E-state index contributed by atoms with van der Waals surface area (Å²) in [6.45, 7) is 8.46. The normalized spacial score (nSPS) is 20.3. The van der Waals surface area contributed by atoms with Crippen molar-refractivity contribution in [3.05, 3.63) is 53.0 Å². The number of carbonyl (C=O) groups excluding carboxylic acids is 2. The van der Waals surface area contributed by atoms with Crippen molar-refractivity contribution in [2.24, 2.45) is 0 Å². The minimum atomic E-state index is -0.272. The molecular weight excluding hydrogens is 392 g/mol. The molecule has 0 aromatic carbocycles. The molecule has 2 aromatic rings. The summed E-state index contributed by atoms with van der Waals surface area (Å²) in [5, 5.41) is 12.0. The average Bonchev–Trinajstić information content (AvgIpc) is 3.05. The zero-order chi connectivity index (χ0) is 22.2. The Hall–Kier alpha value is -3.47. The molecule has 0 aliphatic carbocycles. The Bertz CT molecular complexity index is 1050. The number of nitriles is 1. The molecule has 2 aliphatic rings. The van der Waals surface area contributed by atoms with Crippen molar-refractivity contribution in [3.63, 3.8) is 0 Å². The van der Waals surface area contributed by atoms with Crippen LogP contribution in [0.1, 0.15) is 53.4 Å². The maximum Gasteiger partial charge on any atom is 0.255 e. The molecule has 0 saturated carbocycles. The van der Waals surface area contributed by atoms with Crippen LogP contribution in [0.15, 0.2) is 30.6 Å². The van der Waals surface area contributed by atoms with Crippen LogP contribution in [-0.4, -0.2) is 58.4 Å². The largest absolute Gasteiger partial charge is 0.353 e. The second-order valence-electron chi connectivity index (χ2n) is 8.86. The number of piperazine rings is 1. The summed E-state index contributed by atoms with van der Waals surface area (Å²) in [5.74, 6) is 0.513. The molecule has 1 N–H and O–H groups in total. The van der Waals surface area contributed by atoms with E-state index in [0.29, 0.717) is 49.4 Å². The van der Waals surface area contributed by atoms with Crippen molar-refractivity contribution in [2.75, 3.05) is 31.1 Å². The summed E-state index contributed by atoms with van der Waals surface area (Å²) in [6, 6.07) is 7.49. The fraction of sp³-hybridized carbons (Fsp3) is 0.435. The first-order chi connectivity index (χ1) is 14.8. The monoisotopic (exact) mass is 418 g/mol. The zero-order valence-electron chi connectivity index (χ0n) is 18.1.